The predicted octanol–water partition coefficient (Wildman–Crippen LogP) is -0.733. The molecule has 0 spiro atoms. The Morgan fingerprint density at radius 1 is 0.309 bits per heavy atom. The van der Waals surface area contributed by atoms with E-state index in [1.165, 1.54) is 120 Å². The summed E-state index contributed by atoms with van der Waals surface area (Å²) >= 11 is 0. The second-order valence-corrected chi connectivity index (χ2v) is 15.9. The quantitative estimate of drug-likeness (QED) is 0.176. The molecular formula is C46H36B8O. The van der Waals surface area contributed by atoms with Crippen LogP contribution in [0.3, 0.4) is 0 Å². The molecule has 9 heteroatoms. The molecule has 0 amide bonds. The second kappa shape index (κ2) is 12.4. The summed E-state index contributed by atoms with van der Waals surface area (Å²) in [5.74, 6) is 0. The van der Waals surface area contributed by atoms with Gasteiger partial charge in [-0.25, -0.2) is 0 Å². The van der Waals surface area contributed by atoms with Crippen LogP contribution in [0.25, 0.3) is 98.4 Å². The van der Waals surface area contributed by atoms with Crippen LogP contribution in [-0.4, -0.2) is 62.8 Å². The van der Waals surface area contributed by atoms with Crippen LogP contribution >= 0.6 is 0 Å². The molecule has 0 saturated carbocycles. The Labute approximate surface area is 329 Å². The first-order valence-corrected chi connectivity index (χ1v) is 19.5. The van der Waals surface area contributed by atoms with E-state index in [2.05, 4.69) is 172 Å². The summed E-state index contributed by atoms with van der Waals surface area (Å²) < 4.78 is 6.14. The van der Waals surface area contributed by atoms with Crippen molar-refractivity contribution in [2.24, 2.45) is 0 Å². The lowest BCUT2D eigenvalue weighted by Crippen LogP contribution is -2.50. The van der Waals surface area contributed by atoms with E-state index in [1.807, 2.05) is 12.1 Å². The van der Waals surface area contributed by atoms with Crippen LogP contribution in [0.2, 0.25) is 0 Å². The number of rotatable bonds is 3. The highest BCUT2D eigenvalue weighted by Crippen LogP contribution is 2.43. The van der Waals surface area contributed by atoms with E-state index in [0.717, 1.165) is 21.9 Å². The van der Waals surface area contributed by atoms with Crippen LogP contribution in [0, 0.1) is 0 Å². The lowest BCUT2D eigenvalue weighted by atomic mass is 9.59. The van der Waals surface area contributed by atoms with Crippen molar-refractivity contribution in [3.63, 3.8) is 0 Å². The Bertz CT molecular complexity index is 3220. The number of hydrogen-bond donors (Lipinski definition) is 0. The Balaban J connectivity index is 1.28. The average Bonchev–Trinajstić information content (AvgIpc) is 3.60. The maximum atomic E-state index is 6.14. The second-order valence-electron chi connectivity index (χ2n) is 15.9. The first kappa shape index (κ1) is 33.9. The van der Waals surface area contributed by atoms with Crippen molar-refractivity contribution >= 4 is 172 Å². The molecule has 9 aromatic carbocycles. The molecule has 10 aromatic rings. The number of furan rings is 1. The zero-order chi connectivity index (χ0) is 37.9. The molecule has 10 rings (SSSR count). The smallest absolute Gasteiger partial charge is 0.139 e. The normalized spacial score (nSPS) is 11.9. The molecule has 0 N–H and O–H groups in total. The predicted molar refractivity (Wildman–Crippen MR) is 265 cm³/mol. The molecule has 1 nitrogen and oxygen atoms in total. The average molecular weight is 691 g/mol. The minimum absolute atomic E-state index is 0.924. The lowest BCUT2D eigenvalue weighted by molar-refractivity contribution is 0.669. The summed E-state index contributed by atoms with van der Waals surface area (Å²) in [5, 5.41) is 12.9. The van der Waals surface area contributed by atoms with Gasteiger partial charge in [-0.15, -0.1) is 21.9 Å². The highest BCUT2D eigenvalue weighted by Gasteiger charge is 2.26. The molecule has 0 aliphatic heterocycles. The fourth-order valence-corrected chi connectivity index (χ4v) is 9.61. The van der Waals surface area contributed by atoms with E-state index in [9.17, 15) is 0 Å². The van der Waals surface area contributed by atoms with Gasteiger partial charge in [0.05, 0.1) is 0 Å². The Kier molecular flexibility index (Phi) is 7.66. The largest absolute Gasteiger partial charge is 0.456 e. The van der Waals surface area contributed by atoms with Crippen molar-refractivity contribution in [1.29, 1.82) is 0 Å². The molecule has 55 heavy (non-hydrogen) atoms. The maximum Gasteiger partial charge on any atom is 0.139 e. The molecule has 0 bridgehead atoms. The van der Waals surface area contributed by atoms with Crippen LogP contribution < -0.4 is 43.7 Å². The molecule has 0 atom stereocenters. The van der Waals surface area contributed by atoms with Crippen molar-refractivity contribution < 1.29 is 4.42 Å². The van der Waals surface area contributed by atoms with E-state index in [-0.39, 0.29) is 0 Å². The first-order chi connectivity index (χ1) is 26.6. The zero-order valence-corrected chi connectivity index (χ0v) is 33.0. The monoisotopic (exact) mass is 692 g/mol. The summed E-state index contributed by atoms with van der Waals surface area (Å²) in [5.41, 5.74) is 20.5. The molecule has 0 aliphatic carbocycles. The number of benzene rings is 9. The van der Waals surface area contributed by atoms with Gasteiger partial charge in [0.15, 0.2) is 0 Å². The highest BCUT2D eigenvalue weighted by molar-refractivity contribution is 6.71. The van der Waals surface area contributed by atoms with Crippen LogP contribution in [0.15, 0.2) is 126 Å². The van der Waals surface area contributed by atoms with Gasteiger partial charge in [-0.1, -0.05) is 113 Å². The summed E-state index contributed by atoms with van der Waals surface area (Å²) in [6.45, 7) is 0. The van der Waals surface area contributed by atoms with E-state index < -0.39 is 0 Å². The SMILES string of the molecule is Bc1c(B)c(B)c2c(-c3cccc4ccccc34)c3c(B)c(B)c(B)c(B)c3c(-c3ccc4cc(-c5ccc6oc7ccccc7c6c5)ccc4c3)c2c1B. The van der Waals surface area contributed by atoms with Gasteiger partial charge in [0.25, 0.3) is 0 Å². The summed E-state index contributed by atoms with van der Waals surface area (Å²) in [6.07, 6.45) is 0. The third kappa shape index (κ3) is 4.91. The standard InChI is InChI=1S/C46H36B8O/c47-39-35-33(26-15-14-22-18-23(12-13-24(22)19-26)25-16-17-32-30(20-25)28-9-3-4-11-31(28)55-32)36-38(42(50)46(54)44(52)40(36)48)34(37(35)41(49)45(53)43(39)51)29-10-5-7-21-6-1-2-8-27(21)29/h1-20H,47-54H2. The van der Waals surface area contributed by atoms with Crippen molar-refractivity contribution in [2.45, 2.75) is 0 Å². The summed E-state index contributed by atoms with van der Waals surface area (Å²) in [7, 11) is 18.7. The van der Waals surface area contributed by atoms with Gasteiger partial charge < -0.3 is 4.42 Å². The maximum absolute atomic E-state index is 6.14. The Morgan fingerprint density at radius 3 is 1.44 bits per heavy atom. The van der Waals surface area contributed by atoms with Gasteiger partial charge in [0.2, 0.25) is 0 Å². The van der Waals surface area contributed by atoms with Gasteiger partial charge in [0.1, 0.15) is 73.9 Å². The van der Waals surface area contributed by atoms with E-state index >= 15 is 0 Å². The third-order valence-corrected chi connectivity index (χ3v) is 13.3. The number of fused-ring (bicyclic) bond motifs is 7. The van der Waals surface area contributed by atoms with Gasteiger partial charge in [-0.05, 0) is 107 Å². The molecule has 0 fully saturated rings. The van der Waals surface area contributed by atoms with Crippen LogP contribution in [0.5, 0.6) is 0 Å². The summed E-state index contributed by atoms with van der Waals surface area (Å²) in [4.78, 5) is 0. The molecule has 1 heterocycles. The first-order valence-electron chi connectivity index (χ1n) is 19.5. The highest BCUT2D eigenvalue weighted by atomic mass is 16.3. The molecule has 0 radical (unpaired) electrons. The minimum atomic E-state index is 0.924. The topological polar surface area (TPSA) is 13.1 Å². The van der Waals surface area contributed by atoms with Crippen LogP contribution in [-0.2, 0) is 0 Å². The molecule has 250 valence electrons. The van der Waals surface area contributed by atoms with Gasteiger partial charge in [0, 0.05) is 10.8 Å². The van der Waals surface area contributed by atoms with E-state index in [4.69, 9.17) is 4.42 Å². The Morgan fingerprint density at radius 2 is 0.782 bits per heavy atom. The molecule has 1 aromatic heterocycles. The van der Waals surface area contributed by atoms with Crippen LogP contribution in [0.4, 0.5) is 0 Å². The van der Waals surface area contributed by atoms with Crippen molar-refractivity contribution in [1.82, 2.24) is 0 Å². The zero-order valence-electron chi connectivity index (χ0n) is 33.0. The van der Waals surface area contributed by atoms with Crippen molar-refractivity contribution in [3.8, 4) is 33.4 Å². The van der Waals surface area contributed by atoms with Crippen molar-refractivity contribution in [3.05, 3.63) is 121 Å². The third-order valence-electron chi connectivity index (χ3n) is 13.3. The van der Waals surface area contributed by atoms with Gasteiger partial charge in [-0.3, -0.25) is 0 Å². The molecular weight excluding hydrogens is 655 g/mol. The van der Waals surface area contributed by atoms with Gasteiger partial charge >= 0.3 is 0 Å². The minimum Gasteiger partial charge on any atom is -0.456 e. The van der Waals surface area contributed by atoms with Gasteiger partial charge in [-0.2, -0.15) is 0 Å². The van der Waals surface area contributed by atoms with Crippen LogP contribution in [0.1, 0.15) is 0 Å². The molecule has 0 unspecified atom stereocenters. The fraction of sp³-hybridized carbons (Fsp3) is 0. The molecule has 0 aliphatic rings. The molecule has 0 saturated heterocycles. The van der Waals surface area contributed by atoms with Crippen molar-refractivity contribution in [2.75, 3.05) is 0 Å². The number of para-hydroxylation sites is 1. The fourth-order valence-electron chi connectivity index (χ4n) is 9.61. The lowest BCUT2D eigenvalue weighted by Gasteiger charge is -2.28. The van der Waals surface area contributed by atoms with E-state index in [0.29, 0.717) is 0 Å². The summed E-state index contributed by atoms with van der Waals surface area (Å²) in [6, 6.07) is 44.7. The Hall–Kier alpha value is -5.66. The van der Waals surface area contributed by atoms with E-state index in [1.54, 1.807) is 0 Å². The number of hydrogen-bond acceptors (Lipinski definition) is 1.